The van der Waals surface area contributed by atoms with Crippen LogP contribution in [0.15, 0.2) is 12.2 Å². The molecular formula is C18H26O3. The second kappa shape index (κ2) is 5.26. The topological polar surface area (TPSA) is 43.4 Å². The highest BCUT2D eigenvalue weighted by molar-refractivity contribution is 5.89. The van der Waals surface area contributed by atoms with E-state index in [2.05, 4.69) is 20.4 Å². The minimum Gasteiger partial charge on any atom is -0.459 e. The summed E-state index contributed by atoms with van der Waals surface area (Å²) in [6.45, 7) is 8.35. The summed E-state index contributed by atoms with van der Waals surface area (Å²) in [6.07, 6.45) is 6.79. The number of fused-ring (bicyclic) bond motifs is 1. The fraction of sp³-hybridized carbons (Fsp3) is 0.778. The van der Waals surface area contributed by atoms with E-state index in [1.165, 1.54) is 6.42 Å². The quantitative estimate of drug-likeness (QED) is 0.588. The first-order valence-electron chi connectivity index (χ1n) is 8.33. The van der Waals surface area contributed by atoms with Gasteiger partial charge in [-0.15, -0.1) is 0 Å². The van der Waals surface area contributed by atoms with E-state index in [-0.39, 0.29) is 23.4 Å². The lowest BCUT2D eigenvalue weighted by Crippen LogP contribution is -2.39. The van der Waals surface area contributed by atoms with Crippen molar-refractivity contribution in [3.63, 3.8) is 0 Å². The summed E-state index contributed by atoms with van der Waals surface area (Å²) < 4.78 is 5.39. The van der Waals surface area contributed by atoms with E-state index in [1.807, 2.05) is 0 Å². The van der Waals surface area contributed by atoms with E-state index in [4.69, 9.17) is 4.74 Å². The van der Waals surface area contributed by atoms with Crippen LogP contribution in [0.25, 0.3) is 0 Å². The monoisotopic (exact) mass is 290 g/mol. The molecule has 21 heavy (non-hydrogen) atoms. The van der Waals surface area contributed by atoms with E-state index >= 15 is 0 Å². The fourth-order valence-corrected chi connectivity index (χ4v) is 5.25. The van der Waals surface area contributed by atoms with Crippen molar-refractivity contribution >= 4 is 11.8 Å². The van der Waals surface area contributed by atoms with Gasteiger partial charge < -0.3 is 4.74 Å². The molecule has 0 N–H and O–H groups in total. The molecule has 0 aromatic heterocycles. The van der Waals surface area contributed by atoms with Gasteiger partial charge in [-0.25, -0.2) is 4.79 Å². The van der Waals surface area contributed by atoms with Crippen molar-refractivity contribution in [1.82, 2.24) is 0 Å². The average molecular weight is 290 g/mol. The number of carbonyl (C=O) groups is 2. The highest BCUT2D eigenvalue weighted by Gasteiger charge is 2.52. The summed E-state index contributed by atoms with van der Waals surface area (Å²) in [4.78, 5) is 23.7. The number of carbonyl (C=O) groups excluding carboxylic acids is 2. The summed E-state index contributed by atoms with van der Waals surface area (Å²) in [6, 6.07) is 0. The zero-order valence-electron chi connectivity index (χ0n) is 13.2. The van der Waals surface area contributed by atoms with Gasteiger partial charge in [0, 0.05) is 24.3 Å². The Morgan fingerprint density at radius 3 is 2.81 bits per heavy atom. The molecule has 5 atom stereocenters. The van der Waals surface area contributed by atoms with E-state index in [9.17, 15) is 9.59 Å². The van der Waals surface area contributed by atoms with Crippen LogP contribution in [-0.4, -0.2) is 17.9 Å². The first-order valence-corrected chi connectivity index (χ1v) is 8.33. The second-order valence-corrected chi connectivity index (χ2v) is 7.61. The predicted octanol–water partition coefficient (Wildman–Crippen LogP) is 3.67. The van der Waals surface area contributed by atoms with Crippen molar-refractivity contribution in [1.29, 1.82) is 0 Å². The third kappa shape index (κ3) is 2.45. The second-order valence-electron chi connectivity index (χ2n) is 7.61. The Bertz CT molecular complexity index is 465. The molecule has 0 bridgehead atoms. The summed E-state index contributed by atoms with van der Waals surface area (Å²) in [5.41, 5.74) is 0.782. The number of cyclic esters (lactones) is 1. The van der Waals surface area contributed by atoms with Crippen LogP contribution in [0.4, 0.5) is 0 Å². The first-order chi connectivity index (χ1) is 9.91. The molecule has 0 amide bonds. The van der Waals surface area contributed by atoms with Crippen LogP contribution in [0.5, 0.6) is 0 Å². The van der Waals surface area contributed by atoms with E-state index in [1.54, 1.807) is 0 Å². The molecule has 0 radical (unpaired) electrons. The van der Waals surface area contributed by atoms with Crippen LogP contribution in [0.1, 0.15) is 58.8 Å². The van der Waals surface area contributed by atoms with Crippen molar-refractivity contribution in [2.24, 2.45) is 23.2 Å². The lowest BCUT2D eigenvalue weighted by molar-refractivity contribution is -0.139. The van der Waals surface area contributed by atoms with Crippen molar-refractivity contribution in [2.75, 3.05) is 0 Å². The van der Waals surface area contributed by atoms with Gasteiger partial charge in [-0.1, -0.05) is 20.4 Å². The summed E-state index contributed by atoms with van der Waals surface area (Å²) in [5, 5.41) is 0. The van der Waals surface area contributed by atoms with Gasteiger partial charge >= 0.3 is 5.97 Å². The molecule has 1 saturated heterocycles. The smallest absolute Gasteiger partial charge is 0.333 e. The van der Waals surface area contributed by atoms with Gasteiger partial charge in [-0.3, -0.25) is 4.79 Å². The molecular weight excluding hydrogens is 264 g/mol. The molecule has 3 fully saturated rings. The third-order valence-electron chi connectivity index (χ3n) is 6.29. The van der Waals surface area contributed by atoms with Gasteiger partial charge in [0.1, 0.15) is 11.9 Å². The zero-order valence-corrected chi connectivity index (χ0v) is 13.2. The Kier molecular flexibility index (Phi) is 3.71. The molecule has 3 aliphatic rings. The van der Waals surface area contributed by atoms with Gasteiger partial charge in [-0.2, -0.15) is 0 Å². The standard InChI is InChI=1S/C18H26O3/c1-11(9-13-10-12(2)17(20)21-13)14-6-7-15-16(19)5-4-8-18(14,15)3/h11,13-15H,2,4-10H2,1,3H3/t11-,13-,14-,15?,18-/m1/s1. The summed E-state index contributed by atoms with van der Waals surface area (Å²) in [5.74, 6) is 1.61. The Labute approximate surface area is 127 Å². The molecule has 1 unspecified atom stereocenters. The largest absolute Gasteiger partial charge is 0.459 e. The van der Waals surface area contributed by atoms with Gasteiger partial charge in [-0.05, 0) is 49.4 Å². The minimum atomic E-state index is -0.226. The molecule has 3 rings (SSSR count). The lowest BCUT2D eigenvalue weighted by atomic mass is 9.62. The maximum atomic E-state index is 12.2. The van der Waals surface area contributed by atoms with Crippen molar-refractivity contribution in [3.05, 3.63) is 12.2 Å². The molecule has 2 aliphatic carbocycles. The Hall–Kier alpha value is -1.12. The number of ketones is 1. The van der Waals surface area contributed by atoms with Crippen molar-refractivity contribution in [2.45, 2.75) is 64.9 Å². The molecule has 1 heterocycles. The Balaban J connectivity index is 1.68. The highest BCUT2D eigenvalue weighted by atomic mass is 16.5. The number of Topliss-reactive ketones (excluding diaryl/α,β-unsaturated/α-hetero) is 1. The normalized spacial score (nSPS) is 41.0. The van der Waals surface area contributed by atoms with Gasteiger partial charge in [0.05, 0.1) is 0 Å². The van der Waals surface area contributed by atoms with Crippen LogP contribution < -0.4 is 0 Å². The predicted molar refractivity (Wildman–Crippen MR) is 80.6 cm³/mol. The van der Waals surface area contributed by atoms with Crippen LogP contribution in [-0.2, 0) is 14.3 Å². The molecule has 0 aromatic carbocycles. The summed E-state index contributed by atoms with van der Waals surface area (Å²) >= 11 is 0. The molecule has 3 heteroatoms. The lowest BCUT2D eigenvalue weighted by Gasteiger charge is -2.42. The summed E-state index contributed by atoms with van der Waals surface area (Å²) in [7, 11) is 0. The van der Waals surface area contributed by atoms with Crippen molar-refractivity contribution < 1.29 is 14.3 Å². The number of ether oxygens (including phenoxy) is 1. The van der Waals surface area contributed by atoms with Gasteiger partial charge in [0.2, 0.25) is 0 Å². The van der Waals surface area contributed by atoms with Gasteiger partial charge in [0.15, 0.2) is 0 Å². The number of hydrogen-bond acceptors (Lipinski definition) is 3. The zero-order chi connectivity index (χ0) is 15.2. The molecule has 0 spiro atoms. The van der Waals surface area contributed by atoms with Gasteiger partial charge in [0.25, 0.3) is 0 Å². The van der Waals surface area contributed by atoms with Crippen LogP contribution >= 0.6 is 0 Å². The van der Waals surface area contributed by atoms with E-state index in [0.29, 0.717) is 29.6 Å². The van der Waals surface area contributed by atoms with Crippen LogP contribution in [0, 0.1) is 23.2 Å². The third-order valence-corrected chi connectivity index (χ3v) is 6.29. The number of esters is 1. The fourth-order valence-electron chi connectivity index (χ4n) is 5.25. The van der Waals surface area contributed by atoms with E-state index < -0.39 is 0 Å². The SMILES string of the molecule is C=C1C[C@@H](C[C@@H](C)[C@H]2CCC3C(=O)CCC[C@@]32C)OC1=O. The molecule has 1 aliphatic heterocycles. The number of rotatable bonds is 3. The molecule has 116 valence electrons. The van der Waals surface area contributed by atoms with Crippen LogP contribution in [0.2, 0.25) is 0 Å². The highest BCUT2D eigenvalue weighted by Crippen LogP contribution is 2.57. The molecule has 2 saturated carbocycles. The van der Waals surface area contributed by atoms with Crippen LogP contribution in [0.3, 0.4) is 0 Å². The van der Waals surface area contributed by atoms with Crippen molar-refractivity contribution in [3.8, 4) is 0 Å². The Morgan fingerprint density at radius 1 is 1.38 bits per heavy atom. The first kappa shape index (κ1) is 14.8. The Morgan fingerprint density at radius 2 is 2.14 bits per heavy atom. The minimum absolute atomic E-state index is 0.00180. The molecule has 3 nitrogen and oxygen atoms in total. The van der Waals surface area contributed by atoms with E-state index in [0.717, 1.165) is 32.1 Å². The maximum absolute atomic E-state index is 12.2. The number of hydrogen-bond donors (Lipinski definition) is 0. The molecule has 0 aromatic rings. The maximum Gasteiger partial charge on any atom is 0.333 e. The average Bonchev–Trinajstić information content (AvgIpc) is 2.91.